The largest absolute Gasteiger partial charge is 0.394 e. The van der Waals surface area contributed by atoms with Crippen LogP contribution >= 0.6 is 11.8 Å². The van der Waals surface area contributed by atoms with E-state index in [0.29, 0.717) is 12.1 Å². The number of amides is 3. The van der Waals surface area contributed by atoms with Gasteiger partial charge in [-0.3, -0.25) is 14.4 Å². The summed E-state index contributed by atoms with van der Waals surface area (Å²) in [5.74, 6) is -1.55. The zero-order valence-corrected chi connectivity index (χ0v) is 22.9. The van der Waals surface area contributed by atoms with Gasteiger partial charge in [-0.2, -0.15) is 0 Å². The second-order valence-corrected chi connectivity index (χ2v) is 13.1. The zero-order chi connectivity index (χ0) is 27.0. The molecule has 0 aromatic heterocycles. The molecular formula is C31H37N3O4S. The molecule has 7 nitrogen and oxygen atoms in total. The molecule has 8 heteroatoms. The van der Waals surface area contributed by atoms with Crippen molar-refractivity contribution in [3.05, 3.63) is 66.2 Å². The highest BCUT2D eigenvalue weighted by Crippen LogP contribution is 2.66. The summed E-state index contributed by atoms with van der Waals surface area (Å²) in [5, 5.41) is 16.9. The van der Waals surface area contributed by atoms with Gasteiger partial charge in [0.15, 0.2) is 0 Å². The lowest BCUT2D eigenvalue weighted by atomic mass is 9.70. The molecule has 6 atom stereocenters. The van der Waals surface area contributed by atoms with Crippen molar-refractivity contribution in [3.8, 4) is 0 Å². The maximum absolute atomic E-state index is 14.4. The minimum absolute atomic E-state index is 0.00325. The molecule has 3 amide bonds. The molecule has 3 N–H and O–H groups in total. The van der Waals surface area contributed by atoms with E-state index >= 15 is 0 Å². The van der Waals surface area contributed by atoms with Crippen LogP contribution in [0.25, 0.3) is 0 Å². The molecule has 1 spiro atoms. The highest BCUT2D eigenvalue weighted by Gasteiger charge is 2.74. The summed E-state index contributed by atoms with van der Waals surface area (Å²) >= 11 is 1.67. The van der Waals surface area contributed by atoms with Gasteiger partial charge in [0.1, 0.15) is 6.04 Å². The average Bonchev–Trinajstić information content (AvgIpc) is 3.61. The van der Waals surface area contributed by atoms with E-state index in [1.54, 1.807) is 16.7 Å². The molecule has 2 bridgehead atoms. The SMILES string of the molecule is O=C(NC1CCCCC1)C1N([C@@H](CO)Cc2ccccc2)C(=O)[C@@H]2[C@H](C(=O)Nc3ccccc3)[C@@H]3CCC12S3. The summed E-state index contributed by atoms with van der Waals surface area (Å²) in [7, 11) is 0. The minimum Gasteiger partial charge on any atom is -0.394 e. The fourth-order valence-electron chi connectivity index (χ4n) is 7.50. The lowest BCUT2D eigenvalue weighted by Crippen LogP contribution is -2.58. The third kappa shape index (κ3) is 4.76. The number of aliphatic hydroxyl groups excluding tert-OH is 1. The zero-order valence-electron chi connectivity index (χ0n) is 22.1. The van der Waals surface area contributed by atoms with Gasteiger partial charge in [-0.05, 0) is 49.8 Å². The Kier molecular flexibility index (Phi) is 7.42. The van der Waals surface area contributed by atoms with Crippen LogP contribution in [0.3, 0.4) is 0 Å². The van der Waals surface area contributed by atoms with Crippen LogP contribution in [0, 0.1) is 11.8 Å². The molecule has 1 saturated carbocycles. The van der Waals surface area contributed by atoms with Gasteiger partial charge in [0.2, 0.25) is 17.7 Å². The van der Waals surface area contributed by atoms with Gasteiger partial charge in [0.25, 0.3) is 0 Å². The van der Waals surface area contributed by atoms with Crippen molar-refractivity contribution in [3.63, 3.8) is 0 Å². The lowest BCUT2D eigenvalue weighted by Gasteiger charge is -2.38. The molecule has 3 saturated heterocycles. The molecule has 0 radical (unpaired) electrons. The van der Waals surface area contributed by atoms with Crippen LogP contribution in [0.5, 0.6) is 0 Å². The number of aliphatic hydroxyl groups is 1. The number of likely N-dealkylation sites (tertiary alicyclic amines) is 1. The quantitative estimate of drug-likeness (QED) is 0.468. The molecule has 2 unspecified atom stereocenters. The Morgan fingerprint density at radius 1 is 0.974 bits per heavy atom. The van der Waals surface area contributed by atoms with Gasteiger partial charge in [-0.25, -0.2) is 0 Å². The highest BCUT2D eigenvalue weighted by atomic mass is 32.2. The van der Waals surface area contributed by atoms with Gasteiger partial charge in [-0.1, -0.05) is 67.8 Å². The second kappa shape index (κ2) is 11.0. The Hall–Kier alpha value is -2.84. The van der Waals surface area contributed by atoms with E-state index < -0.39 is 28.7 Å². The highest BCUT2D eigenvalue weighted by molar-refractivity contribution is 8.02. The van der Waals surface area contributed by atoms with E-state index in [1.165, 1.54) is 6.42 Å². The third-order valence-electron chi connectivity index (χ3n) is 9.20. The van der Waals surface area contributed by atoms with Crippen LogP contribution in [0.4, 0.5) is 5.69 Å². The summed E-state index contributed by atoms with van der Waals surface area (Å²) in [4.78, 5) is 43.9. The monoisotopic (exact) mass is 547 g/mol. The topological polar surface area (TPSA) is 98.7 Å². The second-order valence-electron chi connectivity index (χ2n) is 11.5. The number of carbonyl (C=O) groups excluding carboxylic acids is 3. The molecule has 4 fully saturated rings. The Labute approximate surface area is 234 Å². The van der Waals surface area contributed by atoms with Gasteiger partial charge >= 0.3 is 0 Å². The van der Waals surface area contributed by atoms with Crippen molar-refractivity contribution in [1.82, 2.24) is 10.2 Å². The van der Waals surface area contributed by atoms with E-state index in [1.807, 2.05) is 60.7 Å². The number of hydrogen-bond acceptors (Lipinski definition) is 5. The van der Waals surface area contributed by atoms with Crippen molar-refractivity contribution in [2.24, 2.45) is 11.8 Å². The molecule has 39 heavy (non-hydrogen) atoms. The number of carbonyl (C=O) groups is 3. The molecule has 2 aromatic carbocycles. The molecule has 4 aliphatic rings. The summed E-state index contributed by atoms with van der Waals surface area (Å²) in [6.45, 7) is -0.244. The summed E-state index contributed by atoms with van der Waals surface area (Å²) in [5.41, 5.74) is 1.70. The van der Waals surface area contributed by atoms with Crippen LogP contribution in [0.15, 0.2) is 60.7 Å². The minimum atomic E-state index is -0.706. The van der Waals surface area contributed by atoms with E-state index in [0.717, 1.165) is 44.1 Å². The number of hydrogen-bond donors (Lipinski definition) is 3. The molecule has 3 heterocycles. The number of benzene rings is 2. The van der Waals surface area contributed by atoms with Crippen molar-refractivity contribution in [1.29, 1.82) is 0 Å². The Bertz CT molecular complexity index is 1200. The predicted molar refractivity (Wildman–Crippen MR) is 152 cm³/mol. The Morgan fingerprint density at radius 3 is 2.36 bits per heavy atom. The first-order chi connectivity index (χ1) is 19.0. The van der Waals surface area contributed by atoms with Crippen LogP contribution in [0.2, 0.25) is 0 Å². The number of fused-ring (bicyclic) bond motifs is 1. The number of anilines is 1. The Morgan fingerprint density at radius 2 is 1.67 bits per heavy atom. The van der Waals surface area contributed by atoms with Crippen molar-refractivity contribution < 1.29 is 19.5 Å². The van der Waals surface area contributed by atoms with E-state index in [-0.39, 0.29) is 35.6 Å². The van der Waals surface area contributed by atoms with Crippen LogP contribution < -0.4 is 10.6 Å². The van der Waals surface area contributed by atoms with Gasteiger partial charge in [-0.15, -0.1) is 11.8 Å². The van der Waals surface area contributed by atoms with Crippen LogP contribution in [0.1, 0.15) is 50.5 Å². The van der Waals surface area contributed by atoms with Gasteiger partial charge in [0.05, 0.1) is 29.2 Å². The predicted octanol–water partition coefficient (Wildman–Crippen LogP) is 3.77. The standard InChI is InChI=1S/C31H37N3O4S/c35-19-23(18-20-10-4-1-5-11-20)34-27(29(37)33-22-14-8-3-9-15-22)31-17-16-24(39-31)25(26(31)30(34)38)28(36)32-21-12-6-2-7-13-21/h1-2,4-7,10-13,22-27,35H,3,8-9,14-19H2,(H,32,36)(H,33,37)/t23-,24+,25-,26+,27?,31?/m1/s1. The fourth-order valence-corrected chi connectivity index (χ4v) is 9.70. The number of nitrogens with zero attached hydrogens (tertiary/aromatic N) is 1. The summed E-state index contributed by atoms with van der Waals surface area (Å²) in [6, 6.07) is 18.0. The molecular weight excluding hydrogens is 510 g/mol. The fraction of sp³-hybridized carbons (Fsp3) is 0.516. The number of rotatable bonds is 8. The normalized spacial score (nSPS) is 30.7. The van der Waals surface area contributed by atoms with Crippen LogP contribution in [-0.2, 0) is 20.8 Å². The van der Waals surface area contributed by atoms with E-state index in [9.17, 15) is 19.5 Å². The van der Waals surface area contributed by atoms with Crippen LogP contribution in [-0.4, -0.2) is 62.5 Å². The molecule has 206 valence electrons. The summed E-state index contributed by atoms with van der Waals surface area (Å²) < 4.78 is -0.663. The van der Waals surface area contributed by atoms with E-state index in [2.05, 4.69) is 10.6 Å². The molecule has 2 aromatic rings. The number of para-hydroxylation sites is 1. The summed E-state index contributed by atoms with van der Waals surface area (Å²) in [6.07, 6.45) is 7.25. The maximum Gasteiger partial charge on any atom is 0.244 e. The number of thioether (sulfide) groups is 1. The molecule has 3 aliphatic heterocycles. The number of nitrogens with one attached hydrogen (secondary N) is 2. The smallest absolute Gasteiger partial charge is 0.244 e. The first-order valence-corrected chi connectivity index (χ1v) is 15.2. The third-order valence-corrected chi connectivity index (χ3v) is 11.2. The van der Waals surface area contributed by atoms with Crippen molar-refractivity contribution in [2.45, 2.75) is 79.5 Å². The van der Waals surface area contributed by atoms with Crippen molar-refractivity contribution in [2.75, 3.05) is 11.9 Å². The first-order valence-electron chi connectivity index (χ1n) is 14.3. The first kappa shape index (κ1) is 26.4. The van der Waals surface area contributed by atoms with Gasteiger partial charge < -0.3 is 20.6 Å². The molecule has 1 aliphatic carbocycles. The maximum atomic E-state index is 14.4. The van der Waals surface area contributed by atoms with E-state index in [4.69, 9.17) is 0 Å². The lowest BCUT2D eigenvalue weighted by molar-refractivity contribution is -0.142. The Balaban J connectivity index is 1.34. The average molecular weight is 548 g/mol. The van der Waals surface area contributed by atoms with Gasteiger partial charge in [0, 0.05) is 17.0 Å². The van der Waals surface area contributed by atoms with Crippen molar-refractivity contribution >= 4 is 35.2 Å². The molecule has 6 rings (SSSR count).